The number of nitrogens with one attached hydrogen (secondary N) is 2. The zero-order valence-electron chi connectivity index (χ0n) is 19.8. The molecule has 5 rings (SSSR count). The molecule has 0 aromatic heterocycles. The van der Waals surface area contributed by atoms with Crippen LogP contribution in [0.4, 0.5) is 5.69 Å². The Hall–Kier alpha value is -2.32. The van der Waals surface area contributed by atoms with Gasteiger partial charge in [0, 0.05) is 23.2 Å². The van der Waals surface area contributed by atoms with E-state index in [1.807, 2.05) is 49.6 Å². The number of hydrogen-bond donors (Lipinski definition) is 2. The van der Waals surface area contributed by atoms with E-state index in [0.29, 0.717) is 12.2 Å². The summed E-state index contributed by atoms with van der Waals surface area (Å²) in [6.45, 7) is 2.46. The van der Waals surface area contributed by atoms with Crippen molar-refractivity contribution in [3.63, 3.8) is 0 Å². The molecule has 0 radical (unpaired) electrons. The molecular weight excluding hydrogens is 450 g/mol. The van der Waals surface area contributed by atoms with E-state index in [4.69, 9.17) is 4.74 Å². The van der Waals surface area contributed by atoms with E-state index >= 15 is 0 Å². The molecular formula is C26H33N3O4S. The van der Waals surface area contributed by atoms with Crippen molar-refractivity contribution < 1.29 is 19.1 Å². The Morgan fingerprint density at radius 1 is 1.21 bits per heavy atom. The number of carbonyl (C=O) groups excluding carboxylic acids is 3. The predicted molar refractivity (Wildman–Crippen MR) is 131 cm³/mol. The highest BCUT2D eigenvalue weighted by molar-refractivity contribution is 7.98. The number of amides is 3. The lowest BCUT2D eigenvalue weighted by atomic mass is 9.74. The van der Waals surface area contributed by atoms with Gasteiger partial charge in [0.25, 0.3) is 0 Å². The number of ether oxygens (including phenoxy) is 1. The van der Waals surface area contributed by atoms with Crippen LogP contribution in [0.3, 0.4) is 0 Å². The SMILES string of the molecule is CCCN1C(=O)[C@H]2[C@@H](C(=O)Nc3cccc(SC)c3)[C@H]3C=C[C@@]2(O3)[C@@H]1C(=O)NC1CCCCC1. The zero-order chi connectivity index (χ0) is 23.9. The van der Waals surface area contributed by atoms with Crippen molar-refractivity contribution in [3.05, 3.63) is 36.4 Å². The average Bonchev–Trinajstić information content (AvgIpc) is 3.48. The monoisotopic (exact) mass is 483 g/mol. The molecule has 3 fully saturated rings. The number of rotatable bonds is 7. The standard InChI is InChI=1S/C26H33N3O4S/c1-3-14-29-22(24(31)27-16-8-5-4-6-9-16)26-13-12-19(33-26)20(21(26)25(29)32)23(30)28-17-10-7-11-18(15-17)34-2/h7,10-13,15-16,19-22H,3-6,8-9,14H2,1-2H3,(H,27,31)(H,28,30)/t19-,20+,21-,22+,26+/m1/s1. The second-order valence-electron chi connectivity index (χ2n) is 9.80. The Morgan fingerprint density at radius 3 is 2.74 bits per heavy atom. The predicted octanol–water partition coefficient (Wildman–Crippen LogP) is 3.36. The van der Waals surface area contributed by atoms with Crippen molar-refractivity contribution in [2.75, 3.05) is 18.1 Å². The fourth-order valence-corrected chi connectivity index (χ4v) is 6.66. The third kappa shape index (κ3) is 3.85. The maximum absolute atomic E-state index is 13.7. The number of nitrogens with zero attached hydrogens (tertiary/aromatic N) is 1. The summed E-state index contributed by atoms with van der Waals surface area (Å²) in [7, 11) is 0. The average molecular weight is 484 g/mol. The Balaban J connectivity index is 1.41. The zero-order valence-corrected chi connectivity index (χ0v) is 20.6. The molecule has 1 spiro atoms. The minimum absolute atomic E-state index is 0.140. The van der Waals surface area contributed by atoms with Crippen molar-refractivity contribution in [3.8, 4) is 0 Å². The van der Waals surface area contributed by atoms with Gasteiger partial charge in [0.05, 0.1) is 17.9 Å². The normalized spacial score (nSPS) is 32.2. The van der Waals surface area contributed by atoms with Gasteiger partial charge in [-0.2, -0.15) is 0 Å². The van der Waals surface area contributed by atoms with E-state index < -0.39 is 29.6 Å². The van der Waals surface area contributed by atoms with E-state index in [9.17, 15) is 14.4 Å². The Kier molecular flexibility index (Phi) is 6.46. The van der Waals surface area contributed by atoms with Crippen LogP contribution in [0, 0.1) is 11.8 Å². The summed E-state index contributed by atoms with van der Waals surface area (Å²) >= 11 is 1.60. The van der Waals surface area contributed by atoms with E-state index in [1.165, 1.54) is 6.42 Å². The van der Waals surface area contributed by atoms with Crippen LogP contribution < -0.4 is 10.6 Å². The van der Waals surface area contributed by atoms with Gasteiger partial charge in [0.2, 0.25) is 17.7 Å². The van der Waals surface area contributed by atoms with Gasteiger partial charge < -0.3 is 20.3 Å². The van der Waals surface area contributed by atoms with Gasteiger partial charge in [-0.15, -0.1) is 11.8 Å². The third-order valence-corrected chi connectivity index (χ3v) is 8.40. The second kappa shape index (κ2) is 9.38. The molecule has 182 valence electrons. The van der Waals surface area contributed by atoms with E-state index in [2.05, 4.69) is 10.6 Å². The number of fused-ring (bicyclic) bond motifs is 1. The molecule has 34 heavy (non-hydrogen) atoms. The number of thioether (sulfide) groups is 1. The minimum Gasteiger partial charge on any atom is -0.359 e. The first-order valence-corrected chi connectivity index (χ1v) is 13.6. The minimum atomic E-state index is -1.08. The van der Waals surface area contributed by atoms with Gasteiger partial charge in [-0.25, -0.2) is 0 Å². The fourth-order valence-electron chi connectivity index (χ4n) is 6.20. The van der Waals surface area contributed by atoms with Gasteiger partial charge in [-0.1, -0.05) is 44.4 Å². The first-order chi connectivity index (χ1) is 16.5. The quantitative estimate of drug-likeness (QED) is 0.459. The van der Waals surface area contributed by atoms with Crippen LogP contribution in [0.2, 0.25) is 0 Å². The van der Waals surface area contributed by atoms with E-state index in [0.717, 1.165) is 37.0 Å². The largest absolute Gasteiger partial charge is 0.359 e. The van der Waals surface area contributed by atoms with Gasteiger partial charge in [-0.3, -0.25) is 14.4 Å². The van der Waals surface area contributed by atoms with Crippen LogP contribution in [0.5, 0.6) is 0 Å². The summed E-state index contributed by atoms with van der Waals surface area (Å²) in [5.41, 5.74) is -0.390. The first-order valence-electron chi connectivity index (χ1n) is 12.4. The van der Waals surface area contributed by atoms with Crippen molar-refractivity contribution in [1.82, 2.24) is 10.2 Å². The van der Waals surface area contributed by atoms with Crippen molar-refractivity contribution in [2.45, 2.75) is 74.1 Å². The summed E-state index contributed by atoms with van der Waals surface area (Å²) in [6, 6.07) is 7.04. The third-order valence-electron chi connectivity index (χ3n) is 7.68. The summed E-state index contributed by atoms with van der Waals surface area (Å²) in [6.07, 6.45) is 11.3. The van der Waals surface area contributed by atoms with E-state index in [-0.39, 0.29) is 23.8 Å². The number of hydrogen-bond acceptors (Lipinski definition) is 5. The molecule has 2 N–H and O–H groups in total. The van der Waals surface area contributed by atoms with Crippen LogP contribution in [-0.2, 0) is 19.1 Å². The first kappa shape index (κ1) is 23.4. The molecule has 2 bridgehead atoms. The lowest BCUT2D eigenvalue weighted by molar-refractivity contribution is -0.141. The molecule has 3 amide bonds. The maximum atomic E-state index is 13.7. The summed E-state index contributed by atoms with van der Waals surface area (Å²) < 4.78 is 6.37. The van der Waals surface area contributed by atoms with E-state index in [1.54, 1.807) is 16.7 Å². The molecule has 3 aliphatic heterocycles. The summed E-state index contributed by atoms with van der Waals surface area (Å²) in [4.78, 5) is 43.4. The van der Waals surface area contributed by atoms with Crippen LogP contribution in [0.1, 0.15) is 45.4 Å². The summed E-state index contributed by atoms with van der Waals surface area (Å²) in [5, 5.41) is 6.20. The molecule has 0 unspecified atom stereocenters. The lowest BCUT2D eigenvalue weighted by Gasteiger charge is -2.34. The molecule has 5 atom stereocenters. The van der Waals surface area contributed by atoms with Gasteiger partial charge >= 0.3 is 0 Å². The number of anilines is 1. The molecule has 1 aliphatic carbocycles. The highest BCUT2D eigenvalue weighted by Crippen LogP contribution is 2.55. The van der Waals surface area contributed by atoms with Crippen LogP contribution in [-0.4, -0.2) is 59.2 Å². The number of carbonyl (C=O) groups is 3. The van der Waals surface area contributed by atoms with Crippen LogP contribution >= 0.6 is 11.8 Å². The molecule has 3 heterocycles. The molecule has 8 heteroatoms. The van der Waals surface area contributed by atoms with Crippen molar-refractivity contribution >= 4 is 35.2 Å². The Morgan fingerprint density at radius 2 is 2.00 bits per heavy atom. The van der Waals surface area contributed by atoms with Gasteiger partial charge in [-0.05, 0) is 43.7 Å². The van der Waals surface area contributed by atoms with Crippen molar-refractivity contribution in [1.29, 1.82) is 0 Å². The highest BCUT2D eigenvalue weighted by Gasteiger charge is 2.72. The molecule has 1 saturated carbocycles. The Bertz CT molecular complexity index is 1010. The number of benzene rings is 1. The van der Waals surface area contributed by atoms with Crippen molar-refractivity contribution in [2.24, 2.45) is 11.8 Å². The van der Waals surface area contributed by atoms with Gasteiger partial charge in [0.15, 0.2) is 0 Å². The van der Waals surface area contributed by atoms with Gasteiger partial charge in [0.1, 0.15) is 11.6 Å². The second-order valence-corrected chi connectivity index (χ2v) is 10.7. The molecule has 2 saturated heterocycles. The smallest absolute Gasteiger partial charge is 0.246 e. The molecule has 4 aliphatic rings. The van der Waals surface area contributed by atoms with Crippen LogP contribution in [0.15, 0.2) is 41.3 Å². The Labute approximate surface area is 205 Å². The molecule has 7 nitrogen and oxygen atoms in total. The van der Waals surface area contributed by atoms with Crippen LogP contribution in [0.25, 0.3) is 0 Å². The topological polar surface area (TPSA) is 87.7 Å². The molecule has 1 aromatic carbocycles. The fraction of sp³-hybridized carbons (Fsp3) is 0.577. The number of likely N-dealkylation sites (tertiary alicyclic amines) is 1. The lowest BCUT2D eigenvalue weighted by Crippen LogP contribution is -2.56. The highest BCUT2D eigenvalue weighted by atomic mass is 32.2. The summed E-state index contributed by atoms with van der Waals surface area (Å²) in [5.74, 6) is -1.91. The maximum Gasteiger partial charge on any atom is 0.246 e. The molecule has 1 aromatic rings.